The summed E-state index contributed by atoms with van der Waals surface area (Å²) in [4.78, 5) is 34.7. The van der Waals surface area contributed by atoms with E-state index in [2.05, 4.69) is 9.97 Å². The highest BCUT2D eigenvalue weighted by Gasteiger charge is 2.30. The second-order valence-electron chi connectivity index (χ2n) is 8.91. The molecule has 0 spiro atoms. The molecule has 0 saturated heterocycles. The molecule has 5 aromatic rings. The van der Waals surface area contributed by atoms with Crippen LogP contribution in [0.4, 0.5) is 10.1 Å². The Balaban J connectivity index is 1.57. The van der Waals surface area contributed by atoms with E-state index in [1.807, 2.05) is 44.2 Å². The summed E-state index contributed by atoms with van der Waals surface area (Å²) in [6.45, 7) is 4.27. The number of hydrogen-bond donors (Lipinski definition) is 2. The molecule has 0 saturated carbocycles. The maximum absolute atomic E-state index is 13.8. The summed E-state index contributed by atoms with van der Waals surface area (Å²) in [5.74, 6) is -1.16. The average Bonchev–Trinajstić information content (AvgIpc) is 3.36. The fraction of sp³-hybridized carbons (Fsp3) is 0.107. The number of fused-ring (bicyclic) bond motifs is 4. The van der Waals surface area contributed by atoms with E-state index in [1.165, 1.54) is 12.1 Å². The number of hydrogen-bond acceptors (Lipinski definition) is 3. The standard InChI is InChI=1S/C28H21FN4O2/c1-14-10-22-23(12-31-14)32-26-20(27(30)34)9-8-19(25(22)26)18-4-3-5-24(15(18)2)33-13-16-6-7-17(29)11-21(16)28(33)35/h3-12,32H,13H2,1-2H3,(H2,30,34). The van der Waals surface area contributed by atoms with E-state index in [-0.39, 0.29) is 5.91 Å². The molecule has 2 amide bonds. The van der Waals surface area contributed by atoms with E-state index in [1.54, 1.807) is 23.2 Å². The second kappa shape index (κ2) is 7.50. The molecule has 6 rings (SSSR count). The average molecular weight is 465 g/mol. The van der Waals surface area contributed by atoms with Crippen molar-refractivity contribution in [3.8, 4) is 11.1 Å². The van der Waals surface area contributed by atoms with Crippen molar-refractivity contribution in [1.29, 1.82) is 0 Å². The van der Waals surface area contributed by atoms with Gasteiger partial charge < -0.3 is 15.6 Å². The van der Waals surface area contributed by atoms with Crippen LogP contribution in [-0.2, 0) is 6.54 Å². The zero-order chi connectivity index (χ0) is 24.4. The lowest BCUT2D eigenvalue weighted by atomic mass is 9.93. The second-order valence-corrected chi connectivity index (χ2v) is 8.91. The molecular weight excluding hydrogens is 443 g/mol. The smallest absolute Gasteiger partial charge is 0.259 e. The fourth-order valence-electron chi connectivity index (χ4n) is 5.12. The Labute approximate surface area is 200 Å². The van der Waals surface area contributed by atoms with Gasteiger partial charge in [-0.3, -0.25) is 14.6 Å². The lowest BCUT2D eigenvalue weighted by Crippen LogP contribution is -2.24. The number of H-pyrrole nitrogens is 1. The van der Waals surface area contributed by atoms with Gasteiger partial charge in [0.15, 0.2) is 0 Å². The Morgan fingerprint density at radius 2 is 1.89 bits per heavy atom. The predicted octanol–water partition coefficient (Wildman–Crippen LogP) is 5.40. The van der Waals surface area contributed by atoms with Crippen molar-refractivity contribution in [3.63, 3.8) is 0 Å². The van der Waals surface area contributed by atoms with E-state index < -0.39 is 11.7 Å². The number of nitrogens with one attached hydrogen (secondary N) is 1. The van der Waals surface area contributed by atoms with Crippen molar-refractivity contribution in [3.05, 3.63) is 94.6 Å². The highest BCUT2D eigenvalue weighted by Crippen LogP contribution is 2.41. The SMILES string of the molecule is Cc1cc2c(cn1)[nH]c1c(C(N)=O)ccc(-c3cccc(N4Cc5ccc(F)cc5C4=O)c3C)c12. The van der Waals surface area contributed by atoms with Gasteiger partial charge in [-0.15, -0.1) is 0 Å². The summed E-state index contributed by atoms with van der Waals surface area (Å²) >= 11 is 0. The summed E-state index contributed by atoms with van der Waals surface area (Å²) in [7, 11) is 0. The minimum atomic E-state index is -0.518. The highest BCUT2D eigenvalue weighted by molar-refractivity contribution is 6.20. The van der Waals surface area contributed by atoms with Crippen molar-refractivity contribution < 1.29 is 14.0 Å². The summed E-state index contributed by atoms with van der Waals surface area (Å²) in [6, 6.07) is 15.7. The fourth-order valence-corrected chi connectivity index (χ4v) is 5.12. The van der Waals surface area contributed by atoms with Gasteiger partial charge in [0.2, 0.25) is 0 Å². The third-order valence-electron chi connectivity index (χ3n) is 6.80. The van der Waals surface area contributed by atoms with E-state index in [9.17, 15) is 14.0 Å². The van der Waals surface area contributed by atoms with Gasteiger partial charge in [0.25, 0.3) is 11.8 Å². The Morgan fingerprint density at radius 1 is 1.06 bits per heavy atom. The number of rotatable bonds is 3. The molecule has 3 aromatic carbocycles. The summed E-state index contributed by atoms with van der Waals surface area (Å²) < 4.78 is 13.8. The molecule has 35 heavy (non-hydrogen) atoms. The lowest BCUT2D eigenvalue weighted by molar-refractivity contribution is 0.0990. The van der Waals surface area contributed by atoms with Crippen LogP contribution >= 0.6 is 0 Å². The van der Waals surface area contributed by atoms with Gasteiger partial charge in [-0.2, -0.15) is 0 Å². The number of anilines is 1. The number of carbonyl (C=O) groups excluding carboxylic acids is 2. The first-order valence-corrected chi connectivity index (χ1v) is 11.2. The molecule has 172 valence electrons. The number of nitrogens with two attached hydrogens (primary N) is 1. The minimum Gasteiger partial charge on any atom is -0.366 e. The van der Waals surface area contributed by atoms with Gasteiger partial charge in [-0.05, 0) is 66.4 Å². The van der Waals surface area contributed by atoms with Gasteiger partial charge in [0.1, 0.15) is 5.82 Å². The number of carbonyl (C=O) groups is 2. The topological polar surface area (TPSA) is 92.1 Å². The number of nitrogens with zero attached hydrogens (tertiary/aromatic N) is 2. The van der Waals surface area contributed by atoms with E-state index in [0.717, 1.165) is 49.9 Å². The molecule has 2 aromatic heterocycles. The molecule has 0 fully saturated rings. The molecule has 3 heterocycles. The third-order valence-corrected chi connectivity index (χ3v) is 6.80. The van der Waals surface area contributed by atoms with Crippen molar-refractivity contribution in [1.82, 2.24) is 9.97 Å². The van der Waals surface area contributed by atoms with E-state index in [4.69, 9.17) is 5.73 Å². The van der Waals surface area contributed by atoms with Gasteiger partial charge in [0, 0.05) is 27.7 Å². The quantitative estimate of drug-likeness (QED) is 0.375. The Kier molecular flexibility index (Phi) is 4.51. The molecule has 0 unspecified atom stereocenters. The van der Waals surface area contributed by atoms with Crippen LogP contribution in [0.15, 0.2) is 60.8 Å². The zero-order valence-corrected chi connectivity index (χ0v) is 19.1. The first kappa shape index (κ1) is 21.0. The van der Waals surface area contributed by atoms with Crippen molar-refractivity contribution >= 4 is 39.3 Å². The van der Waals surface area contributed by atoms with Gasteiger partial charge in [-0.1, -0.05) is 24.3 Å². The van der Waals surface area contributed by atoms with Gasteiger partial charge in [-0.25, -0.2) is 4.39 Å². The number of halogens is 1. The van der Waals surface area contributed by atoms with Crippen LogP contribution in [0.2, 0.25) is 0 Å². The maximum Gasteiger partial charge on any atom is 0.259 e. The number of pyridine rings is 1. The number of primary amides is 1. The van der Waals surface area contributed by atoms with Crippen LogP contribution in [0.3, 0.4) is 0 Å². The molecule has 7 heteroatoms. The molecule has 6 nitrogen and oxygen atoms in total. The number of aromatic amines is 1. The van der Waals surface area contributed by atoms with E-state index >= 15 is 0 Å². The summed E-state index contributed by atoms with van der Waals surface area (Å²) in [6.07, 6.45) is 1.75. The zero-order valence-electron chi connectivity index (χ0n) is 19.1. The molecule has 0 bridgehead atoms. The van der Waals surface area contributed by atoms with Crippen molar-refractivity contribution in [2.75, 3.05) is 4.90 Å². The first-order valence-electron chi connectivity index (χ1n) is 11.2. The van der Waals surface area contributed by atoms with Crippen molar-refractivity contribution in [2.24, 2.45) is 5.73 Å². The van der Waals surface area contributed by atoms with Crippen molar-refractivity contribution in [2.45, 2.75) is 20.4 Å². The largest absolute Gasteiger partial charge is 0.366 e. The molecule has 0 radical (unpaired) electrons. The van der Waals surface area contributed by atoms with Crippen LogP contribution in [0.25, 0.3) is 32.9 Å². The van der Waals surface area contributed by atoms with Crippen LogP contribution in [-0.4, -0.2) is 21.8 Å². The Hall–Kier alpha value is -4.52. The number of aromatic nitrogens is 2. The number of benzene rings is 3. The molecular formula is C28H21FN4O2. The maximum atomic E-state index is 13.8. The predicted molar refractivity (Wildman–Crippen MR) is 134 cm³/mol. The van der Waals surface area contributed by atoms with Crippen LogP contribution in [0.5, 0.6) is 0 Å². The normalized spacial score (nSPS) is 13.1. The Bertz CT molecular complexity index is 1720. The summed E-state index contributed by atoms with van der Waals surface area (Å²) in [5, 5.41) is 1.82. The number of aryl methyl sites for hydroxylation is 1. The Morgan fingerprint density at radius 3 is 2.69 bits per heavy atom. The van der Waals surface area contributed by atoms with Crippen LogP contribution < -0.4 is 10.6 Å². The minimum absolute atomic E-state index is 0.220. The molecule has 1 aliphatic rings. The number of amides is 2. The van der Waals surface area contributed by atoms with Gasteiger partial charge in [0.05, 0.1) is 29.3 Å². The molecule has 0 atom stereocenters. The lowest BCUT2D eigenvalue weighted by Gasteiger charge is -2.21. The molecule has 0 aliphatic carbocycles. The molecule has 1 aliphatic heterocycles. The highest BCUT2D eigenvalue weighted by atomic mass is 19.1. The summed E-state index contributed by atoms with van der Waals surface area (Å²) in [5.41, 5.74) is 13.1. The molecule has 3 N–H and O–H groups in total. The van der Waals surface area contributed by atoms with Crippen LogP contribution in [0.1, 0.15) is 37.5 Å². The monoisotopic (exact) mass is 464 g/mol. The van der Waals surface area contributed by atoms with Crippen LogP contribution in [0, 0.1) is 19.7 Å². The van der Waals surface area contributed by atoms with Gasteiger partial charge >= 0.3 is 0 Å². The first-order chi connectivity index (χ1) is 16.8. The third kappa shape index (κ3) is 3.12. The van der Waals surface area contributed by atoms with E-state index in [0.29, 0.717) is 23.2 Å².